The van der Waals surface area contributed by atoms with E-state index >= 15 is 0 Å². The second-order valence-corrected chi connectivity index (χ2v) is 6.48. The number of hydrogen-bond donors (Lipinski definition) is 2. The first-order valence-electron chi connectivity index (χ1n) is 9.04. The number of carbonyl (C=O) groups excluding carboxylic acids is 2. The Morgan fingerprint density at radius 3 is 2.37 bits per heavy atom. The number of amides is 1. The van der Waals surface area contributed by atoms with Crippen molar-refractivity contribution in [2.45, 2.75) is 26.6 Å². The second kappa shape index (κ2) is 10.1. The van der Waals surface area contributed by atoms with Crippen molar-refractivity contribution in [2.75, 3.05) is 26.9 Å². The summed E-state index contributed by atoms with van der Waals surface area (Å²) in [6.45, 7) is 2.44. The van der Waals surface area contributed by atoms with Crippen LogP contribution >= 0.6 is 0 Å². The molecular weight excluding hydrogens is 405 g/mol. The molecule has 2 N–H and O–H groups in total. The molecule has 1 aromatic carbocycles. The van der Waals surface area contributed by atoms with Gasteiger partial charge in [0.05, 0.1) is 12.2 Å². The minimum atomic E-state index is -4.41. The van der Waals surface area contributed by atoms with Gasteiger partial charge in [0.25, 0.3) is 5.91 Å². The highest BCUT2D eigenvalue weighted by molar-refractivity contribution is 6.00. The molecule has 0 unspecified atom stereocenters. The molecule has 0 saturated carbocycles. The number of methoxy groups -OCH3 is 1. The van der Waals surface area contributed by atoms with Crippen molar-refractivity contribution in [3.63, 3.8) is 0 Å². The molecule has 0 aliphatic carbocycles. The molecule has 2 aromatic rings. The van der Waals surface area contributed by atoms with E-state index in [-0.39, 0.29) is 31.2 Å². The summed E-state index contributed by atoms with van der Waals surface area (Å²) in [4.78, 5) is 27.6. The number of aromatic nitrogens is 1. The average Bonchev–Trinajstić information content (AvgIpc) is 2.99. The number of halogens is 3. The van der Waals surface area contributed by atoms with E-state index in [0.29, 0.717) is 22.4 Å². The third-order valence-corrected chi connectivity index (χ3v) is 4.17. The predicted molar refractivity (Wildman–Crippen MR) is 102 cm³/mol. The largest absolute Gasteiger partial charge is 0.484 e. The zero-order chi connectivity index (χ0) is 22.3. The summed E-state index contributed by atoms with van der Waals surface area (Å²) in [6.07, 6.45) is -4.41. The van der Waals surface area contributed by atoms with Gasteiger partial charge in [-0.25, -0.2) is 4.79 Å². The Kier molecular flexibility index (Phi) is 7.87. The first kappa shape index (κ1) is 23.3. The van der Waals surface area contributed by atoms with Crippen molar-refractivity contribution in [1.29, 1.82) is 0 Å². The van der Waals surface area contributed by atoms with Gasteiger partial charge in [-0.2, -0.15) is 13.2 Å². The van der Waals surface area contributed by atoms with Gasteiger partial charge in [-0.1, -0.05) is 12.1 Å². The van der Waals surface area contributed by atoms with Crippen LogP contribution in [0.25, 0.3) is 0 Å². The standard InChI is InChI=1S/C20H23F3N2O5/c1-12-16(19(27)29-9-8-28-3)13(2)25-17(12)18(26)24-10-14-4-6-15(7-5-14)30-11-20(21,22)23/h4-7,25H,8-11H2,1-3H3,(H,24,26). The van der Waals surface area contributed by atoms with Gasteiger partial charge in [-0.3, -0.25) is 4.79 Å². The zero-order valence-electron chi connectivity index (χ0n) is 16.8. The lowest BCUT2D eigenvalue weighted by atomic mass is 10.1. The minimum Gasteiger partial charge on any atom is -0.484 e. The minimum absolute atomic E-state index is 0.0786. The van der Waals surface area contributed by atoms with E-state index < -0.39 is 24.7 Å². The molecule has 30 heavy (non-hydrogen) atoms. The Hall–Kier alpha value is -3.01. The van der Waals surface area contributed by atoms with Gasteiger partial charge in [-0.15, -0.1) is 0 Å². The number of nitrogens with one attached hydrogen (secondary N) is 2. The zero-order valence-corrected chi connectivity index (χ0v) is 16.8. The Balaban J connectivity index is 1.96. The molecule has 0 aliphatic rings. The van der Waals surface area contributed by atoms with Crippen molar-refractivity contribution in [3.8, 4) is 5.75 Å². The molecule has 0 fully saturated rings. The number of alkyl halides is 3. The quantitative estimate of drug-likeness (QED) is 0.473. The Morgan fingerprint density at radius 1 is 1.10 bits per heavy atom. The van der Waals surface area contributed by atoms with Gasteiger partial charge in [-0.05, 0) is 37.1 Å². The molecule has 0 aliphatic heterocycles. The third-order valence-electron chi connectivity index (χ3n) is 4.17. The topological polar surface area (TPSA) is 89.7 Å². The van der Waals surface area contributed by atoms with Crippen molar-refractivity contribution < 1.29 is 37.0 Å². The maximum Gasteiger partial charge on any atom is 0.422 e. The summed E-state index contributed by atoms with van der Waals surface area (Å²) in [5.41, 5.74) is 2.16. The van der Waals surface area contributed by atoms with Gasteiger partial charge in [0.15, 0.2) is 6.61 Å². The molecular formula is C20H23F3N2O5. The fraction of sp³-hybridized carbons (Fsp3) is 0.400. The molecule has 0 saturated heterocycles. The van der Waals surface area contributed by atoms with Gasteiger partial charge < -0.3 is 24.5 Å². The molecule has 0 bridgehead atoms. The summed E-state index contributed by atoms with van der Waals surface area (Å²) >= 11 is 0. The third kappa shape index (κ3) is 6.51. The molecule has 164 valence electrons. The number of rotatable bonds is 9. The van der Waals surface area contributed by atoms with E-state index in [1.165, 1.54) is 19.2 Å². The lowest BCUT2D eigenvalue weighted by Gasteiger charge is -2.10. The number of hydrogen-bond acceptors (Lipinski definition) is 5. The molecule has 0 radical (unpaired) electrons. The molecule has 1 aromatic heterocycles. The highest BCUT2D eigenvalue weighted by atomic mass is 19.4. The predicted octanol–water partition coefficient (Wildman–Crippen LogP) is 3.31. The SMILES string of the molecule is COCCOC(=O)c1c(C)[nH]c(C(=O)NCc2ccc(OCC(F)(F)F)cc2)c1C. The molecule has 10 heteroatoms. The van der Waals surface area contributed by atoms with Crippen molar-refractivity contribution >= 4 is 11.9 Å². The fourth-order valence-corrected chi connectivity index (χ4v) is 2.71. The highest BCUT2D eigenvalue weighted by Gasteiger charge is 2.28. The van der Waals surface area contributed by atoms with Crippen LogP contribution in [0.4, 0.5) is 13.2 Å². The highest BCUT2D eigenvalue weighted by Crippen LogP contribution is 2.20. The van der Waals surface area contributed by atoms with E-state index in [1.54, 1.807) is 26.0 Å². The first-order chi connectivity index (χ1) is 14.1. The van der Waals surface area contributed by atoms with Crippen LogP contribution in [0.15, 0.2) is 24.3 Å². The Bertz CT molecular complexity index is 876. The summed E-state index contributed by atoms with van der Waals surface area (Å²) in [5.74, 6) is -0.898. The van der Waals surface area contributed by atoms with Crippen LogP contribution in [-0.2, 0) is 16.0 Å². The lowest BCUT2D eigenvalue weighted by molar-refractivity contribution is -0.153. The number of esters is 1. The number of aromatic amines is 1. The van der Waals surface area contributed by atoms with Crippen molar-refractivity contribution in [2.24, 2.45) is 0 Å². The Labute approximate surface area is 171 Å². The van der Waals surface area contributed by atoms with Crippen molar-refractivity contribution in [3.05, 3.63) is 52.3 Å². The smallest absolute Gasteiger partial charge is 0.422 e. The van der Waals surface area contributed by atoms with Crippen LogP contribution in [0.1, 0.15) is 37.7 Å². The van der Waals surface area contributed by atoms with Crippen LogP contribution in [0.3, 0.4) is 0 Å². The van der Waals surface area contributed by atoms with Gasteiger partial charge in [0.2, 0.25) is 0 Å². The summed E-state index contributed by atoms with van der Waals surface area (Å²) in [5, 5.41) is 2.70. The molecule has 0 atom stereocenters. The molecule has 1 amide bonds. The number of aryl methyl sites for hydroxylation is 1. The maximum absolute atomic E-state index is 12.5. The van der Waals surface area contributed by atoms with E-state index in [2.05, 4.69) is 15.0 Å². The van der Waals surface area contributed by atoms with E-state index in [1.807, 2.05) is 0 Å². The van der Waals surface area contributed by atoms with E-state index in [0.717, 1.165) is 0 Å². The molecule has 0 spiro atoms. The monoisotopic (exact) mass is 428 g/mol. The number of benzene rings is 1. The molecule has 2 rings (SSSR count). The van der Waals surface area contributed by atoms with Gasteiger partial charge in [0.1, 0.15) is 18.1 Å². The fourth-order valence-electron chi connectivity index (χ4n) is 2.71. The maximum atomic E-state index is 12.5. The number of H-pyrrole nitrogens is 1. The summed E-state index contributed by atoms with van der Waals surface area (Å²) in [7, 11) is 1.49. The Morgan fingerprint density at radius 2 is 1.77 bits per heavy atom. The van der Waals surface area contributed by atoms with E-state index in [4.69, 9.17) is 9.47 Å². The van der Waals surface area contributed by atoms with Gasteiger partial charge >= 0.3 is 12.1 Å². The average molecular weight is 428 g/mol. The molecule has 7 nitrogen and oxygen atoms in total. The number of ether oxygens (including phenoxy) is 3. The first-order valence-corrected chi connectivity index (χ1v) is 9.04. The van der Waals surface area contributed by atoms with Crippen LogP contribution in [-0.4, -0.2) is 50.0 Å². The summed E-state index contributed by atoms with van der Waals surface area (Å²) < 4.78 is 51.1. The van der Waals surface area contributed by atoms with Crippen LogP contribution in [0, 0.1) is 13.8 Å². The van der Waals surface area contributed by atoms with Gasteiger partial charge in [0, 0.05) is 19.3 Å². The van der Waals surface area contributed by atoms with Crippen molar-refractivity contribution in [1.82, 2.24) is 10.3 Å². The lowest BCUT2D eigenvalue weighted by Crippen LogP contribution is -2.24. The second-order valence-electron chi connectivity index (χ2n) is 6.48. The normalized spacial score (nSPS) is 11.3. The summed E-state index contributed by atoms with van der Waals surface area (Å²) in [6, 6.07) is 5.89. The number of carbonyl (C=O) groups is 2. The van der Waals surface area contributed by atoms with Crippen LogP contribution < -0.4 is 10.1 Å². The van der Waals surface area contributed by atoms with Crippen LogP contribution in [0.5, 0.6) is 5.75 Å². The van der Waals surface area contributed by atoms with E-state index in [9.17, 15) is 22.8 Å². The van der Waals surface area contributed by atoms with Crippen LogP contribution in [0.2, 0.25) is 0 Å². The molecule has 1 heterocycles.